The maximum absolute atomic E-state index is 6.25. The summed E-state index contributed by atoms with van der Waals surface area (Å²) < 4.78 is 11.1. The van der Waals surface area contributed by atoms with Gasteiger partial charge >= 0.3 is 0 Å². The van der Waals surface area contributed by atoms with Gasteiger partial charge in [0.25, 0.3) is 0 Å². The minimum Gasteiger partial charge on any atom is -0.486 e. The molecule has 0 spiro atoms. The van der Waals surface area contributed by atoms with Gasteiger partial charge in [-0.15, -0.1) is 0 Å². The van der Waals surface area contributed by atoms with Gasteiger partial charge in [-0.2, -0.15) is 0 Å². The molecule has 2 N–H and O–H groups in total. The lowest BCUT2D eigenvalue weighted by atomic mass is 10.1. The molecule has 3 rings (SSSR count). The maximum Gasteiger partial charge on any atom is 0.190 e. The Morgan fingerprint density at radius 1 is 1.27 bits per heavy atom. The maximum atomic E-state index is 6.25. The van der Waals surface area contributed by atoms with Crippen molar-refractivity contribution in [1.29, 1.82) is 0 Å². The van der Waals surface area contributed by atoms with Crippen LogP contribution in [0.3, 0.4) is 0 Å². The van der Waals surface area contributed by atoms with Crippen molar-refractivity contribution in [3.05, 3.63) is 22.7 Å². The predicted molar refractivity (Wildman–Crippen MR) is 88.2 cm³/mol. The molecule has 0 unspecified atom stereocenters. The number of benzene rings is 1. The van der Waals surface area contributed by atoms with Crippen LogP contribution < -0.4 is 20.1 Å². The van der Waals surface area contributed by atoms with E-state index in [4.69, 9.17) is 21.1 Å². The minimum absolute atomic E-state index is 0.552. The van der Waals surface area contributed by atoms with E-state index >= 15 is 0 Å². The van der Waals surface area contributed by atoms with E-state index in [-0.39, 0.29) is 0 Å². The van der Waals surface area contributed by atoms with Crippen LogP contribution >= 0.6 is 11.6 Å². The molecule has 0 radical (unpaired) electrons. The van der Waals surface area contributed by atoms with Crippen LogP contribution in [0.2, 0.25) is 5.02 Å². The van der Waals surface area contributed by atoms with Crippen LogP contribution in [-0.2, 0) is 6.42 Å². The molecule has 0 amide bonds. The van der Waals surface area contributed by atoms with Crippen LogP contribution in [0.15, 0.2) is 17.1 Å². The second-order valence-corrected chi connectivity index (χ2v) is 6.08. The molecular weight excluding hydrogens is 302 g/mol. The number of ether oxygens (including phenoxy) is 2. The van der Waals surface area contributed by atoms with Gasteiger partial charge in [0.2, 0.25) is 0 Å². The first-order chi connectivity index (χ1) is 10.8. The van der Waals surface area contributed by atoms with E-state index in [1.54, 1.807) is 7.05 Å². The number of fused-ring (bicyclic) bond motifs is 1. The third kappa shape index (κ3) is 3.97. The summed E-state index contributed by atoms with van der Waals surface area (Å²) in [6, 6.07) is 3.94. The molecule has 120 valence electrons. The molecule has 0 saturated heterocycles. The van der Waals surface area contributed by atoms with Crippen LogP contribution in [0.5, 0.6) is 11.5 Å². The van der Waals surface area contributed by atoms with Gasteiger partial charge < -0.3 is 20.1 Å². The Hall–Kier alpha value is -1.62. The Morgan fingerprint density at radius 2 is 2.09 bits per heavy atom. The molecule has 1 aliphatic carbocycles. The topological polar surface area (TPSA) is 54.9 Å². The van der Waals surface area contributed by atoms with Crippen LogP contribution in [0, 0.1) is 5.92 Å². The molecule has 6 heteroatoms. The van der Waals surface area contributed by atoms with Crippen molar-refractivity contribution < 1.29 is 9.47 Å². The fourth-order valence-electron chi connectivity index (χ4n) is 2.42. The molecule has 5 nitrogen and oxygen atoms in total. The summed E-state index contributed by atoms with van der Waals surface area (Å²) in [6.45, 7) is 2.93. The average Bonchev–Trinajstić information content (AvgIpc) is 3.35. The normalized spacial score (nSPS) is 17.3. The van der Waals surface area contributed by atoms with Gasteiger partial charge in [-0.05, 0) is 42.9 Å². The quantitative estimate of drug-likeness (QED) is 0.644. The number of hydrogen-bond donors (Lipinski definition) is 2. The number of nitrogens with one attached hydrogen (secondary N) is 2. The van der Waals surface area contributed by atoms with Crippen molar-refractivity contribution in [2.24, 2.45) is 10.9 Å². The molecule has 0 atom stereocenters. The molecule has 1 fully saturated rings. The first kappa shape index (κ1) is 15.3. The van der Waals surface area contributed by atoms with Crippen molar-refractivity contribution in [2.75, 3.05) is 33.4 Å². The number of aliphatic imine (C=N–C) groups is 1. The molecule has 22 heavy (non-hydrogen) atoms. The van der Waals surface area contributed by atoms with E-state index in [0.717, 1.165) is 42.7 Å². The highest BCUT2D eigenvalue weighted by Gasteiger charge is 2.21. The van der Waals surface area contributed by atoms with E-state index in [1.807, 2.05) is 12.1 Å². The Labute approximate surface area is 136 Å². The molecule has 1 aromatic carbocycles. The molecule has 1 aliphatic heterocycles. The second kappa shape index (κ2) is 7.09. The summed E-state index contributed by atoms with van der Waals surface area (Å²) in [5.41, 5.74) is 1.12. The summed E-state index contributed by atoms with van der Waals surface area (Å²) in [4.78, 5) is 4.23. The lowest BCUT2D eigenvalue weighted by Crippen LogP contribution is -2.39. The predicted octanol–water partition coefficient (Wildman–Crippen LogP) is 2.23. The first-order valence-corrected chi connectivity index (χ1v) is 8.16. The molecule has 2 aliphatic rings. The van der Waals surface area contributed by atoms with E-state index in [9.17, 15) is 0 Å². The van der Waals surface area contributed by atoms with Gasteiger partial charge in [0, 0.05) is 20.1 Å². The molecule has 1 saturated carbocycles. The Kier molecular flexibility index (Phi) is 4.93. The van der Waals surface area contributed by atoms with Crippen LogP contribution in [0.1, 0.15) is 18.4 Å². The number of rotatable bonds is 5. The van der Waals surface area contributed by atoms with Crippen molar-refractivity contribution in [3.63, 3.8) is 0 Å². The van der Waals surface area contributed by atoms with Gasteiger partial charge in [0.05, 0.1) is 5.02 Å². The molecule has 1 heterocycles. The van der Waals surface area contributed by atoms with Gasteiger partial charge in [0.15, 0.2) is 17.5 Å². The third-order valence-electron chi connectivity index (χ3n) is 3.84. The SMILES string of the molecule is CN=C(NCCc1cc(Cl)c2c(c1)OCCO2)NCC1CC1. The fraction of sp³-hybridized carbons (Fsp3) is 0.562. The van der Waals surface area contributed by atoms with Gasteiger partial charge in [0.1, 0.15) is 13.2 Å². The Bertz CT molecular complexity index is 559. The summed E-state index contributed by atoms with van der Waals surface area (Å²) in [7, 11) is 1.79. The lowest BCUT2D eigenvalue weighted by Gasteiger charge is -2.20. The molecule has 0 aromatic heterocycles. The monoisotopic (exact) mass is 323 g/mol. The zero-order valence-corrected chi connectivity index (χ0v) is 13.6. The summed E-state index contributed by atoms with van der Waals surface area (Å²) in [5.74, 6) is 3.09. The molecule has 1 aromatic rings. The molecular formula is C16H22ClN3O2. The standard InChI is InChI=1S/C16H22ClN3O2/c1-18-16(20-10-11-2-3-11)19-5-4-12-8-13(17)15-14(9-12)21-6-7-22-15/h8-9,11H,2-7,10H2,1H3,(H2,18,19,20). The lowest BCUT2D eigenvalue weighted by molar-refractivity contribution is 0.171. The first-order valence-electron chi connectivity index (χ1n) is 7.79. The van der Waals surface area contributed by atoms with E-state index < -0.39 is 0 Å². The van der Waals surface area contributed by atoms with Crippen LogP contribution in [0.4, 0.5) is 0 Å². The zero-order valence-electron chi connectivity index (χ0n) is 12.8. The van der Waals surface area contributed by atoms with Crippen molar-refractivity contribution in [3.8, 4) is 11.5 Å². The highest BCUT2D eigenvalue weighted by atomic mass is 35.5. The Morgan fingerprint density at radius 3 is 2.86 bits per heavy atom. The summed E-state index contributed by atoms with van der Waals surface area (Å²) >= 11 is 6.25. The van der Waals surface area contributed by atoms with E-state index in [1.165, 1.54) is 12.8 Å². The number of nitrogens with zero attached hydrogens (tertiary/aromatic N) is 1. The Balaban J connectivity index is 1.51. The van der Waals surface area contributed by atoms with Gasteiger partial charge in [-0.1, -0.05) is 11.6 Å². The van der Waals surface area contributed by atoms with Gasteiger partial charge in [-0.3, -0.25) is 4.99 Å². The highest BCUT2D eigenvalue weighted by molar-refractivity contribution is 6.32. The molecule has 0 bridgehead atoms. The second-order valence-electron chi connectivity index (χ2n) is 5.68. The van der Waals surface area contributed by atoms with Crippen LogP contribution in [0.25, 0.3) is 0 Å². The average molecular weight is 324 g/mol. The number of guanidine groups is 1. The van der Waals surface area contributed by atoms with E-state index in [0.29, 0.717) is 24.0 Å². The van der Waals surface area contributed by atoms with Crippen LogP contribution in [-0.4, -0.2) is 39.3 Å². The largest absolute Gasteiger partial charge is 0.486 e. The zero-order chi connectivity index (χ0) is 15.4. The summed E-state index contributed by atoms with van der Waals surface area (Å²) in [5, 5.41) is 7.29. The van der Waals surface area contributed by atoms with Gasteiger partial charge in [-0.25, -0.2) is 0 Å². The van der Waals surface area contributed by atoms with Crippen molar-refractivity contribution in [1.82, 2.24) is 10.6 Å². The minimum atomic E-state index is 0.552. The number of halogens is 1. The fourth-order valence-corrected chi connectivity index (χ4v) is 2.71. The summed E-state index contributed by atoms with van der Waals surface area (Å²) in [6.07, 6.45) is 3.51. The van der Waals surface area contributed by atoms with E-state index in [2.05, 4.69) is 15.6 Å². The number of hydrogen-bond acceptors (Lipinski definition) is 3. The van der Waals surface area contributed by atoms with Crippen molar-refractivity contribution in [2.45, 2.75) is 19.3 Å². The highest BCUT2D eigenvalue weighted by Crippen LogP contribution is 2.38. The van der Waals surface area contributed by atoms with Crippen molar-refractivity contribution >= 4 is 17.6 Å². The smallest absolute Gasteiger partial charge is 0.190 e. The third-order valence-corrected chi connectivity index (χ3v) is 4.12.